The minimum atomic E-state index is -4.31. The van der Waals surface area contributed by atoms with Crippen molar-refractivity contribution in [3.63, 3.8) is 0 Å². The Bertz CT molecular complexity index is 1560. The molecule has 0 radical (unpaired) electrons. The number of aryl methyl sites for hydroxylation is 1. The first-order valence-electron chi connectivity index (χ1n) is 10.5. The Morgan fingerprint density at radius 2 is 1.74 bits per heavy atom. The molecular formula is C23H21ClN4O6S. The quantitative estimate of drug-likeness (QED) is 0.191. The second kappa shape index (κ2) is 9.43. The molecule has 2 aromatic carbocycles. The van der Waals surface area contributed by atoms with Crippen molar-refractivity contribution in [1.82, 2.24) is 4.98 Å². The number of halogens is 1. The summed E-state index contributed by atoms with van der Waals surface area (Å²) < 4.78 is 33.8. The number of pyridine rings is 1. The Balaban J connectivity index is 1.65. The number of sulfonamides is 1. The number of hydrogen-bond acceptors (Lipinski definition) is 9. The molecule has 0 bridgehead atoms. The van der Waals surface area contributed by atoms with Crippen molar-refractivity contribution < 1.29 is 17.9 Å². The molecule has 0 amide bonds. The topological polar surface area (TPSA) is 151 Å². The Morgan fingerprint density at radius 3 is 2.37 bits per heavy atom. The van der Waals surface area contributed by atoms with Gasteiger partial charge >= 0.3 is 0 Å². The van der Waals surface area contributed by atoms with Crippen LogP contribution in [0.1, 0.15) is 30.9 Å². The third kappa shape index (κ3) is 4.73. The molecule has 35 heavy (non-hydrogen) atoms. The van der Waals surface area contributed by atoms with Crippen molar-refractivity contribution in [1.29, 1.82) is 0 Å². The Morgan fingerprint density at radius 1 is 1.06 bits per heavy atom. The highest BCUT2D eigenvalue weighted by Gasteiger charge is 2.29. The molecule has 10 nitrogen and oxygen atoms in total. The number of nitrogens with one attached hydrogen (secondary N) is 3. The van der Waals surface area contributed by atoms with Gasteiger partial charge in [-0.2, -0.15) is 0 Å². The lowest BCUT2D eigenvalue weighted by atomic mass is 10.1. The van der Waals surface area contributed by atoms with Crippen LogP contribution in [0, 0.1) is 6.92 Å². The first kappa shape index (κ1) is 24.3. The van der Waals surface area contributed by atoms with E-state index in [1.807, 2.05) is 6.92 Å². The highest BCUT2D eigenvalue weighted by Crippen LogP contribution is 2.39. The van der Waals surface area contributed by atoms with Gasteiger partial charge in [0.25, 0.3) is 20.9 Å². The third-order valence-electron chi connectivity index (χ3n) is 5.29. The van der Waals surface area contributed by atoms with Crippen molar-refractivity contribution in [2.75, 3.05) is 15.4 Å². The number of benzene rings is 1. The van der Waals surface area contributed by atoms with Crippen LogP contribution in [-0.2, 0) is 10.0 Å². The standard InChI is InChI=1S/C23H21ClN4O6S/c1-3-15(17-7-4-12(2)34-17)26-18-19(22(31)21(18)30)27-16-6-5-14(24)23(20(16)29)35(32,33)28-13-8-10-25-11-9-13/h4-11,15,26-27,29H,3H2,1-2H3,(H,25,28). The lowest BCUT2D eigenvalue weighted by molar-refractivity contribution is 0.452. The van der Waals surface area contributed by atoms with Crippen LogP contribution in [0.4, 0.5) is 22.7 Å². The van der Waals surface area contributed by atoms with Crippen LogP contribution in [0.3, 0.4) is 0 Å². The molecule has 0 spiro atoms. The lowest BCUT2D eigenvalue weighted by Crippen LogP contribution is -2.37. The molecule has 4 aromatic rings. The average Bonchev–Trinajstić information content (AvgIpc) is 3.25. The molecule has 4 rings (SSSR count). The van der Waals surface area contributed by atoms with E-state index in [9.17, 15) is 23.1 Å². The maximum absolute atomic E-state index is 12.9. The Hall–Kier alpha value is -3.83. The molecule has 12 heteroatoms. The fourth-order valence-corrected chi connectivity index (χ4v) is 5.20. The summed E-state index contributed by atoms with van der Waals surface area (Å²) in [6.07, 6.45) is 3.34. The molecule has 2 heterocycles. The molecule has 1 atom stereocenters. The summed E-state index contributed by atoms with van der Waals surface area (Å²) in [6.45, 7) is 3.67. The second-order valence-electron chi connectivity index (χ2n) is 7.70. The minimum Gasteiger partial charge on any atom is -0.504 e. The van der Waals surface area contributed by atoms with Crippen molar-refractivity contribution in [3.05, 3.63) is 85.8 Å². The lowest BCUT2D eigenvalue weighted by Gasteiger charge is -2.21. The smallest absolute Gasteiger partial charge is 0.267 e. The summed E-state index contributed by atoms with van der Waals surface area (Å²) in [5, 5.41) is 16.2. The van der Waals surface area contributed by atoms with E-state index in [1.165, 1.54) is 36.7 Å². The van der Waals surface area contributed by atoms with Gasteiger partial charge in [-0.1, -0.05) is 18.5 Å². The van der Waals surface area contributed by atoms with Gasteiger partial charge < -0.3 is 20.2 Å². The van der Waals surface area contributed by atoms with Crippen molar-refractivity contribution in [2.45, 2.75) is 31.2 Å². The van der Waals surface area contributed by atoms with Gasteiger partial charge in [0.2, 0.25) is 0 Å². The van der Waals surface area contributed by atoms with Gasteiger partial charge in [0, 0.05) is 12.4 Å². The van der Waals surface area contributed by atoms with Crippen LogP contribution in [0.5, 0.6) is 5.75 Å². The molecular weight excluding hydrogens is 496 g/mol. The van der Waals surface area contributed by atoms with E-state index in [0.29, 0.717) is 17.9 Å². The molecule has 0 saturated carbocycles. The fourth-order valence-electron chi connectivity index (χ4n) is 3.50. The molecule has 2 aromatic heterocycles. The highest BCUT2D eigenvalue weighted by atomic mass is 35.5. The molecule has 0 aliphatic carbocycles. The molecule has 4 N–H and O–H groups in total. The summed E-state index contributed by atoms with van der Waals surface area (Å²) in [5.74, 6) is 0.574. The number of phenols is 1. The average molecular weight is 517 g/mol. The van der Waals surface area contributed by atoms with Crippen LogP contribution in [0.2, 0.25) is 5.02 Å². The van der Waals surface area contributed by atoms with E-state index >= 15 is 0 Å². The highest BCUT2D eigenvalue weighted by molar-refractivity contribution is 7.93. The minimum absolute atomic E-state index is 0.00423. The molecule has 0 fully saturated rings. The van der Waals surface area contributed by atoms with Crippen molar-refractivity contribution >= 4 is 44.4 Å². The number of aromatic nitrogens is 1. The summed E-state index contributed by atoms with van der Waals surface area (Å²) in [4.78, 5) is 27.8. The van der Waals surface area contributed by atoms with Crippen LogP contribution in [0.25, 0.3) is 0 Å². The predicted octanol–water partition coefficient (Wildman–Crippen LogP) is 4.05. The van der Waals surface area contributed by atoms with Crippen LogP contribution < -0.4 is 26.2 Å². The number of furan rings is 1. The number of nitrogens with zero attached hydrogens (tertiary/aromatic N) is 1. The third-order valence-corrected chi connectivity index (χ3v) is 7.17. The largest absolute Gasteiger partial charge is 0.504 e. The number of anilines is 4. The summed E-state index contributed by atoms with van der Waals surface area (Å²) in [5.41, 5.74) is -1.58. The number of hydrogen-bond donors (Lipinski definition) is 4. The van der Waals surface area contributed by atoms with Crippen LogP contribution in [0.15, 0.2) is 67.7 Å². The maximum Gasteiger partial charge on any atom is 0.267 e. The summed E-state index contributed by atoms with van der Waals surface area (Å²) >= 11 is 6.10. The Labute approximate surface area is 205 Å². The zero-order valence-electron chi connectivity index (χ0n) is 18.6. The van der Waals surface area contributed by atoms with Gasteiger partial charge in [-0.15, -0.1) is 0 Å². The van der Waals surface area contributed by atoms with Gasteiger partial charge in [-0.05, 0) is 49.7 Å². The second-order valence-corrected chi connectivity index (χ2v) is 9.73. The monoisotopic (exact) mass is 516 g/mol. The number of phenolic OH excluding ortho intramolecular Hbond substituents is 1. The zero-order valence-corrected chi connectivity index (χ0v) is 20.2. The summed E-state index contributed by atoms with van der Waals surface area (Å²) in [7, 11) is -4.31. The molecule has 182 valence electrons. The molecule has 0 aliphatic rings. The van der Waals surface area contributed by atoms with Crippen molar-refractivity contribution in [2.24, 2.45) is 0 Å². The van der Waals surface area contributed by atoms with Gasteiger partial charge in [0.15, 0.2) is 5.75 Å². The molecule has 0 saturated heterocycles. The summed E-state index contributed by atoms with van der Waals surface area (Å²) in [6, 6.07) is 8.59. The maximum atomic E-state index is 12.9. The molecule has 0 aliphatic heterocycles. The van der Waals surface area contributed by atoms with E-state index in [-0.39, 0.29) is 33.8 Å². The van der Waals surface area contributed by atoms with Gasteiger partial charge in [-0.25, -0.2) is 8.42 Å². The van der Waals surface area contributed by atoms with E-state index < -0.39 is 31.5 Å². The van der Waals surface area contributed by atoms with Crippen LogP contribution >= 0.6 is 11.6 Å². The Kier molecular flexibility index (Phi) is 6.55. The van der Waals surface area contributed by atoms with Gasteiger partial charge in [0.05, 0.1) is 22.4 Å². The van der Waals surface area contributed by atoms with E-state index in [4.69, 9.17) is 16.0 Å². The normalized spacial score (nSPS) is 12.4. The number of rotatable bonds is 9. The van der Waals surface area contributed by atoms with E-state index in [1.54, 1.807) is 19.1 Å². The van der Waals surface area contributed by atoms with Gasteiger partial charge in [-0.3, -0.25) is 19.3 Å². The predicted molar refractivity (Wildman–Crippen MR) is 133 cm³/mol. The van der Waals surface area contributed by atoms with Gasteiger partial charge in [0.1, 0.15) is 27.8 Å². The van der Waals surface area contributed by atoms with E-state index in [0.717, 1.165) is 0 Å². The van der Waals surface area contributed by atoms with Crippen LogP contribution in [-0.4, -0.2) is 18.5 Å². The SMILES string of the molecule is CCC(Nc1c(Nc2ccc(Cl)c(S(=O)(=O)Nc3ccncc3)c2O)c(=O)c1=O)c1ccc(C)o1. The fraction of sp³-hybridized carbons (Fsp3) is 0.174. The number of aromatic hydroxyl groups is 1. The van der Waals surface area contributed by atoms with Crippen molar-refractivity contribution in [3.8, 4) is 5.75 Å². The first-order valence-corrected chi connectivity index (χ1v) is 12.4. The zero-order chi connectivity index (χ0) is 25.3. The first-order chi connectivity index (χ1) is 16.6. The van der Waals surface area contributed by atoms with E-state index in [2.05, 4.69) is 20.3 Å². The molecule has 1 unspecified atom stereocenters.